The second-order valence-electron chi connectivity index (χ2n) is 15.5. The number of thioether (sulfide) groups is 1. The molecule has 0 aromatic heterocycles. The molecule has 6 rings (SSSR count). The van der Waals surface area contributed by atoms with Gasteiger partial charge in [0.2, 0.25) is 0 Å². The Labute approximate surface area is 332 Å². The quantitative estimate of drug-likeness (QED) is 0.0895. The lowest BCUT2D eigenvalue weighted by atomic mass is 9.86. The SMILES string of the molecule is O=C(O)[C@@H](Cc1cccc(CN(CCOc2cccc(C[C@H](C(=O)O)[C@H]3CCNC3)c2)C(=O)Sc2cccc(C[C@H](C(=O)O)[C@H]3CCNC3)c2)c1)[C@H]1CCNC1. The number of carboxylic acid groups (broad SMARTS) is 3. The zero-order valence-electron chi connectivity index (χ0n) is 31.7. The maximum atomic E-state index is 14.1. The van der Waals surface area contributed by atoms with Crippen molar-refractivity contribution in [2.75, 3.05) is 52.4 Å². The molecule has 1 amide bonds. The molecular weight excluding hydrogens is 733 g/mol. The van der Waals surface area contributed by atoms with Crippen molar-refractivity contribution in [3.63, 3.8) is 0 Å². The van der Waals surface area contributed by atoms with Gasteiger partial charge in [-0.3, -0.25) is 19.2 Å². The highest BCUT2D eigenvalue weighted by atomic mass is 32.2. The lowest BCUT2D eigenvalue weighted by molar-refractivity contribution is -0.144. The number of ether oxygens (including phenoxy) is 1. The van der Waals surface area contributed by atoms with Crippen LogP contribution in [0.15, 0.2) is 77.7 Å². The van der Waals surface area contributed by atoms with E-state index in [-0.39, 0.29) is 42.7 Å². The Morgan fingerprint density at radius 2 is 1.11 bits per heavy atom. The molecule has 3 saturated heterocycles. The molecule has 3 aromatic carbocycles. The number of hydrogen-bond donors (Lipinski definition) is 6. The average molecular weight is 787 g/mol. The molecule has 0 bridgehead atoms. The molecular formula is C43H54N4O8S. The van der Waals surface area contributed by atoms with E-state index < -0.39 is 35.7 Å². The Balaban J connectivity index is 1.15. The number of nitrogens with one attached hydrogen (secondary N) is 3. The van der Waals surface area contributed by atoms with E-state index in [0.717, 1.165) is 72.9 Å². The molecule has 3 fully saturated rings. The molecule has 0 unspecified atom stereocenters. The van der Waals surface area contributed by atoms with E-state index in [4.69, 9.17) is 4.74 Å². The highest BCUT2D eigenvalue weighted by Crippen LogP contribution is 2.30. The van der Waals surface area contributed by atoms with Gasteiger partial charge in [-0.1, -0.05) is 48.5 Å². The minimum Gasteiger partial charge on any atom is -0.492 e. The summed E-state index contributed by atoms with van der Waals surface area (Å²) in [5, 5.41) is 39.6. The van der Waals surface area contributed by atoms with Crippen LogP contribution in [0.1, 0.15) is 41.5 Å². The molecule has 300 valence electrons. The number of amides is 1. The summed E-state index contributed by atoms with van der Waals surface area (Å²) >= 11 is 1.08. The van der Waals surface area contributed by atoms with Gasteiger partial charge in [-0.25, -0.2) is 0 Å². The molecule has 13 heteroatoms. The van der Waals surface area contributed by atoms with Crippen LogP contribution in [0.4, 0.5) is 4.79 Å². The molecule has 12 nitrogen and oxygen atoms in total. The first-order chi connectivity index (χ1) is 27.1. The van der Waals surface area contributed by atoms with E-state index in [1.165, 1.54) is 0 Å². The minimum absolute atomic E-state index is 0.0567. The highest BCUT2D eigenvalue weighted by Gasteiger charge is 2.33. The van der Waals surface area contributed by atoms with Crippen molar-refractivity contribution in [3.8, 4) is 5.75 Å². The van der Waals surface area contributed by atoms with Gasteiger partial charge < -0.3 is 40.9 Å². The summed E-state index contributed by atoms with van der Waals surface area (Å²) in [5.74, 6) is -3.13. The van der Waals surface area contributed by atoms with E-state index in [0.29, 0.717) is 49.5 Å². The second kappa shape index (κ2) is 20.1. The van der Waals surface area contributed by atoms with Crippen molar-refractivity contribution in [2.45, 2.75) is 50.0 Å². The van der Waals surface area contributed by atoms with Gasteiger partial charge in [0.25, 0.3) is 5.24 Å². The maximum absolute atomic E-state index is 14.1. The molecule has 3 aromatic rings. The summed E-state index contributed by atoms with van der Waals surface area (Å²) in [6.45, 7) is 5.24. The summed E-state index contributed by atoms with van der Waals surface area (Å²) in [6.07, 6.45) is 3.67. The van der Waals surface area contributed by atoms with Crippen LogP contribution in [0.5, 0.6) is 5.75 Å². The molecule has 0 radical (unpaired) electrons. The van der Waals surface area contributed by atoms with E-state index in [1.54, 1.807) is 4.90 Å². The molecule has 3 aliphatic heterocycles. The Morgan fingerprint density at radius 1 is 0.643 bits per heavy atom. The molecule has 6 atom stereocenters. The van der Waals surface area contributed by atoms with E-state index in [9.17, 15) is 34.5 Å². The Hall–Kier alpha value is -4.43. The fourth-order valence-corrected chi connectivity index (χ4v) is 9.28. The normalized spacial score (nSPS) is 21.0. The Morgan fingerprint density at radius 3 is 1.61 bits per heavy atom. The fraction of sp³-hybridized carbons (Fsp3) is 0.488. The standard InChI is InChI=1S/C43H54N4O8S/c48-40(49)37(32-10-13-44-24-32)21-28-4-1-7-31(18-28)27-47(16-17-55-35-8-2-5-29(19-35)22-38(41(50)51)33-11-14-45-25-33)43(54)56-36-9-3-6-30(20-36)23-39(42(52)53)34-12-15-46-26-34/h1-9,18-20,32-34,37-39,44-46H,10-17,21-27H2,(H,48,49)(H,50,51)(H,52,53)/t32-,33-,34-,37-,38-,39-/m0/s1. The zero-order chi connectivity index (χ0) is 39.4. The van der Waals surface area contributed by atoms with Gasteiger partial charge >= 0.3 is 17.9 Å². The van der Waals surface area contributed by atoms with Gasteiger partial charge in [0.15, 0.2) is 0 Å². The number of rotatable bonds is 19. The van der Waals surface area contributed by atoms with Crippen LogP contribution in [0.3, 0.4) is 0 Å². The minimum atomic E-state index is -0.811. The van der Waals surface area contributed by atoms with Crippen molar-refractivity contribution in [2.24, 2.45) is 35.5 Å². The summed E-state index contributed by atoms with van der Waals surface area (Å²) in [7, 11) is 0. The van der Waals surface area contributed by atoms with Crippen LogP contribution in [0, 0.1) is 35.5 Å². The fourth-order valence-electron chi connectivity index (χ4n) is 8.44. The molecule has 0 saturated carbocycles. The van der Waals surface area contributed by atoms with Crippen LogP contribution >= 0.6 is 11.8 Å². The van der Waals surface area contributed by atoms with Crippen LogP contribution in [-0.4, -0.2) is 95.8 Å². The Kier molecular flexibility index (Phi) is 14.8. The third kappa shape index (κ3) is 11.6. The van der Waals surface area contributed by atoms with Gasteiger partial charge in [0, 0.05) is 11.4 Å². The van der Waals surface area contributed by atoms with Gasteiger partial charge in [0.1, 0.15) is 12.4 Å². The number of carboxylic acids is 3. The van der Waals surface area contributed by atoms with Crippen LogP contribution in [-0.2, 0) is 40.2 Å². The van der Waals surface area contributed by atoms with Gasteiger partial charge in [-0.05, 0) is 154 Å². The van der Waals surface area contributed by atoms with Gasteiger partial charge in [0.05, 0.1) is 24.3 Å². The van der Waals surface area contributed by atoms with Crippen LogP contribution in [0.25, 0.3) is 0 Å². The van der Waals surface area contributed by atoms with Crippen molar-refractivity contribution in [1.82, 2.24) is 20.9 Å². The van der Waals surface area contributed by atoms with Crippen molar-refractivity contribution < 1.29 is 39.2 Å². The largest absolute Gasteiger partial charge is 0.492 e. The number of carbonyl (C=O) groups is 4. The number of benzene rings is 3. The number of aliphatic carboxylic acids is 3. The lowest BCUT2D eigenvalue weighted by Crippen LogP contribution is -2.31. The number of carbonyl (C=O) groups excluding carboxylic acids is 1. The topological polar surface area (TPSA) is 178 Å². The van der Waals surface area contributed by atoms with Crippen molar-refractivity contribution in [3.05, 3.63) is 95.1 Å². The summed E-state index contributed by atoms with van der Waals surface area (Å²) in [6, 6.07) is 22.8. The summed E-state index contributed by atoms with van der Waals surface area (Å²) in [4.78, 5) is 53.1. The van der Waals surface area contributed by atoms with Gasteiger partial charge in [-0.2, -0.15) is 0 Å². The summed E-state index contributed by atoms with van der Waals surface area (Å²) in [5.41, 5.74) is 3.52. The van der Waals surface area contributed by atoms with Crippen molar-refractivity contribution >= 4 is 34.9 Å². The van der Waals surface area contributed by atoms with Crippen LogP contribution in [0.2, 0.25) is 0 Å². The van der Waals surface area contributed by atoms with E-state index in [2.05, 4.69) is 16.0 Å². The molecule has 3 aliphatic rings. The average Bonchev–Trinajstić information content (AvgIpc) is 4.00. The first kappa shape index (κ1) is 41.2. The summed E-state index contributed by atoms with van der Waals surface area (Å²) < 4.78 is 6.18. The van der Waals surface area contributed by atoms with Gasteiger partial charge in [-0.15, -0.1) is 0 Å². The molecule has 6 N–H and O–H groups in total. The third-order valence-corrected chi connectivity index (χ3v) is 12.5. The smallest absolute Gasteiger partial charge is 0.307 e. The number of nitrogens with zero attached hydrogens (tertiary/aromatic N) is 1. The first-order valence-electron chi connectivity index (χ1n) is 19.8. The predicted molar refractivity (Wildman–Crippen MR) is 214 cm³/mol. The molecule has 0 spiro atoms. The molecule has 3 heterocycles. The van der Waals surface area contributed by atoms with E-state index >= 15 is 0 Å². The highest BCUT2D eigenvalue weighted by molar-refractivity contribution is 8.13. The maximum Gasteiger partial charge on any atom is 0.307 e. The molecule has 56 heavy (non-hydrogen) atoms. The zero-order valence-corrected chi connectivity index (χ0v) is 32.6. The monoisotopic (exact) mass is 786 g/mol. The third-order valence-electron chi connectivity index (χ3n) is 11.6. The number of hydrogen-bond acceptors (Lipinski definition) is 9. The first-order valence-corrected chi connectivity index (χ1v) is 20.6. The van der Waals surface area contributed by atoms with E-state index in [1.807, 2.05) is 72.8 Å². The lowest BCUT2D eigenvalue weighted by Gasteiger charge is -2.24. The molecule has 0 aliphatic carbocycles. The Bertz CT molecular complexity index is 1810. The second-order valence-corrected chi connectivity index (χ2v) is 16.5. The predicted octanol–water partition coefficient (Wildman–Crippen LogP) is 5.04. The van der Waals surface area contributed by atoms with Crippen LogP contribution < -0.4 is 20.7 Å². The van der Waals surface area contributed by atoms with Crippen molar-refractivity contribution in [1.29, 1.82) is 0 Å².